The molecule has 4 rings (SSSR count). The van der Waals surface area contributed by atoms with Gasteiger partial charge in [-0.05, 0) is 71.0 Å². The van der Waals surface area contributed by atoms with E-state index in [-0.39, 0.29) is 5.91 Å². The molecule has 0 spiro atoms. The van der Waals surface area contributed by atoms with Crippen molar-refractivity contribution < 1.29 is 14.3 Å². The number of carbonyl (C=O) groups is 2. The fraction of sp³-hybridized carbons (Fsp3) is 0.188. The number of hydrogen-bond acceptors (Lipinski definition) is 3. The Morgan fingerprint density at radius 1 is 0.816 bits per heavy atom. The molecule has 0 saturated carbocycles. The Morgan fingerprint density at radius 3 is 2.03 bits per heavy atom. The maximum Gasteiger partial charge on any atom is 0.337 e. The number of esters is 1. The third kappa shape index (κ3) is 6.63. The van der Waals surface area contributed by atoms with Crippen LogP contribution in [-0.2, 0) is 16.0 Å². The Morgan fingerprint density at radius 2 is 1.45 bits per heavy atom. The summed E-state index contributed by atoms with van der Waals surface area (Å²) >= 11 is 12.4. The number of nitrogens with one attached hydrogen (secondary N) is 1. The molecule has 0 radical (unpaired) electrons. The zero-order valence-electron chi connectivity index (χ0n) is 21.5. The number of carbonyl (C=O) groups excluding carboxylic acids is 2. The predicted octanol–water partition coefficient (Wildman–Crippen LogP) is 8.54. The van der Waals surface area contributed by atoms with Gasteiger partial charge >= 0.3 is 5.97 Å². The highest BCUT2D eigenvalue weighted by molar-refractivity contribution is 6.36. The Bertz CT molecular complexity index is 1410. The predicted molar refractivity (Wildman–Crippen MR) is 155 cm³/mol. The number of anilines is 1. The highest BCUT2D eigenvalue weighted by atomic mass is 35.5. The number of hydrogen-bond donors (Lipinski definition) is 1. The lowest BCUT2D eigenvalue weighted by atomic mass is 9.89. The van der Waals surface area contributed by atoms with Gasteiger partial charge in [-0.15, -0.1) is 0 Å². The fourth-order valence-electron chi connectivity index (χ4n) is 4.29. The topological polar surface area (TPSA) is 55.4 Å². The normalized spacial score (nSPS) is 11.7. The van der Waals surface area contributed by atoms with Gasteiger partial charge in [0.05, 0.1) is 18.6 Å². The number of amides is 1. The van der Waals surface area contributed by atoms with E-state index >= 15 is 0 Å². The minimum atomic E-state index is -0.425. The standard InChI is InChI=1S/C32H29Cl2NO3/c1-20(2)22-8-10-24(11-9-22)29(18-21-4-6-25(7-5-21)32(37)38-3)31(36)35-27-15-12-23(13-16-27)28-17-14-26(33)19-30(28)34/h4-17,19-20,29H,18H2,1-3H3,(H,35,36). The Balaban J connectivity index is 1.57. The van der Waals surface area contributed by atoms with Crippen molar-refractivity contribution in [2.45, 2.75) is 32.1 Å². The lowest BCUT2D eigenvalue weighted by Crippen LogP contribution is -2.23. The minimum Gasteiger partial charge on any atom is -0.465 e. The van der Waals surface area contributed by atoms with Gasteiger partial charge in [-0.3, -0.25) is 4.79 Å². The summed E-state index contributed by atoms with van der Waals surface area (Å²) in [6.45, 7) is 4.28. The Labute approximate surface area is 233 Å². The second kappa shape index (κ2) is 12.3. The molecule has 1 atom stereocenters. The first-order valence-electron chi connectivity index (χ1n) is 12.4. The van der Waals surface area contributed by atoms with E-state index in [0.717, 1.165) is 22.3 Å². The number of rotatable bonds is 8. The van der Waals surface area contributed by atoms with Crippen LogP contribution in [0.5, 0.6) is 0 Å². The molecule has 1 N–H and O–H groups in total. The van der Waals surface area contributed by atoms with Gasteiger partial charge in [0, 0.05) is 21.3 Å². The molecule has 1 unspecified atom stereocenters. The molecule has 0 aromatic heterocycles. The van der Waals surface area contributed by atoms with E-state index in [9.17, 15) is 9.59 Å². The van der Waals surface area contributed by atoms with E-state index in [4.69, 9.17) is 27.9 Å². The third-order valence-corrected chi connectivity index (χ3v) is 7.08. The average Bonchev–Trinajstić information content (AvgIpc) is 2.92. The van der Waals surface area contributed by atoms with Crippen molar-refractivity contribution in [1.29, 1.82) is 0 Å². The highest BCUT2D eigenvalue weighted by Gasteiger charge is 2.22. The maximum atomic E-state index is 13.6. The molecule has 6 heteroatoms. The smallest absolute Gasteiger partial charge is 0.337 e. The van der Waals surface area contributed by atoms with Gasteiger partial charge in [0.25, 0.3) is 0 Å². The van der Waals surface area contributed by atoms with Gasteiger partial charge in [-0.1, -0.05) is 91.6 Å². The minimum absolute atomic E-state index is 0.114. The van der Waals surface area contributed by atoms with Crippen LogP contribution in [0, 0.1) is 0 Å². The summed E-state index contributed by atoms with van der Waals surface area (Å²) in [5.74, 6) is -0.532. The van der Waals surface area contributed by atoms with Crippen molar-refractivity contribution in [3.63, 3.8) is 0 Å². The lowest BCUT2D eigenvalue weighted by molar-refractivity contribution is -0.117. The Hall–Kier alpha value is -3.60. The van der Waals surface area contributed by atoms with Gasteiger partial charge in [-0.2, -0.15) is 0 Å². The first kappa shape index (κ1) is 27.4. The molecule has 4 nitrogen and oxygen atoms in total. The number of methoxy groups -OCH3 is 1. The van der Waals surface area contributed by atoms with Crippen LogP contribution in [0.4, 0.5) is 5.69 Å². The van der Waals surface area contributed by atoms with Gasteiger partial charge in [-0.25, -0.2) is 4.79 Å². The number of halogens is 2. The van der Waals surface area contributed by atoms with Crippen LogP contribution in [0.2, 0.25) is 10.0 Å². The zero-order chi connectivity index (χ0) is 27.2. The molecule has 1 amide bonds. The van der Waals surface area contributed by atoms with Crippen molar-refractivity contribution in [2.75, 3.05) is 12.4 Å². The second-order valence-corrected chi connectivity index (χ2v) is 10.3. The summed E-state index contributed by atoms with van der Waals surface area (Å²) in [4.78, 5) is 25.4. The summed E-state index contributed by atoms with van der Waals surface area (Å²) in [5, 5.41) is 4.22. The first-order valence-corrected chi connectivity index (χ1v) is 13.1. The molecule has 0 fully saturated rings. The molecule has 0 aliphatic heterocycles. The molecule has 0 aliphatic carbocycles. The van der Waals surface area contributed by atoms with Crippen LogP contribution in [0.15, 0.2) is 91.0 Å². The average molecular weight is 546 g/mol. The van der Waals surface area contributed by atoms with Crippen LogP contribution in [0.1, 0.15) is 52.7 Å². The van der Waals surface area contributed by atoms with Crippen LogP contribution < -0.4 is 5.32 Å². The largest absolute Gasteiger partial charge is 0.465 e. The number of benzene rings is 4. The monoisotopic (exact) mass is 545 g/mol. The third-order valence-electron chi connectivity index (χ3n) is 6.53. The molecule has 4 aromatic rings. The molecule has 0 bridgehead atoms. The van der Waals surface area contributed by atoms with Gasteiger partial charge in [0.15, 0.2) is 0 Å². The molecular formula is C32H29Cl2NO3. The van der Waals surface area contributed by atoms with E-state index in [0.29, 0.717) is 33.6 Å². The second-order valence-electron chi connectivity index (χ2n) is 9.46. The van der Waals surface area contributed by atoms with Gasteiger partial charge < -0.3 is 10.1 Å². The van der Waals surface area contributed by atoms with E-state index in [1.165, 1.54) is 12.7 Å². The SMILES string of the molecule is COC(=O)c1ccc(CC(C(=O)Nc2ccc(-c3ccc(Cl)cc3Cl)cc2)c2ccc(C(C)C)cc2)cc1. The van der Waals surface area contributed by atoms with E-state index < -0.39 is 11.9 Å². The molecule has 38 heavy (non-hydrogen) atoms. The summed E-state index contributed by atoms with van der Waals surface area (Å²) in [7, 11) is 1.36. The van der Waals surface area contributed by atoms with Gasteiger partial charge in [0.2, 0.25) is 5.91 Å². The Kier molecular flexibility index (Phi) is 8.88. The molecule has 0 saturated heterocycles. The van der Waals surface area contributed by atoms with Crippen molar-refractivity contribution in [1.82, 2.24) is 0 Å². The van der Waals surface area contributed by atoms with Crippen LogP contribution >= 0.6 is 23.2 Å². The number of ether oxygens (including phenoxy) is 1. The zero-order valence-corrected chi connectivity index (χ0v) is 23.0. The summed E-state index contributed by atoms with van der Waals surface area (Å²) in [5.41, 5.74) is 6.04. The first-order chi connectivity index (χ1) is 18.2. The van der Waals surface area contributed by atoms with E-state index in [1.807, 2.05) is 54.6 Å². The summed E-state index contributed by atoms with van der Waals surface area (Å²) in [6, 6.07) is 28.3. The molecule has 194 valence electrons. The summed E-state index contributed by atoms with van der Waals surface area (Å²) < 4.78 is 4.79. The van der Waals surface area contributed by atoms with Crippen molar-refractivity contribution >= 4 is 40.8 Å². The van der Waals surface area contributed by atoms with Crippen LogP contribution in [0.25, 0.3) is 11.1 Å². The van der Waals surface area contributed by atoms with E-state index in [1.54, 1.807) is 24.3 Å². The molecular weight excluding hydrogens is 517 g/mol. The lowest BCUT2D eigenvalue weighted by Gasteiger charge is -2.19. The van der Waals surface area contributed by atoms with Crippen molar-refractivity contribution in [3.05, 3.63) is 123 Å². The van der Waals surface area contributed by atoms with E-state index in [2.05, 4.69) is 31.3 Å². The van der Waals surface area contributed by atoms with Crippen molar-refractivity contribution in [3.8, 4) is 11.1 Å². The molecule has 0 heterocycles. The van der Waals surface area contributed by atoms with Crippen molar-refractivity contribution in [2.24, 2.45) is 0 Å². The van der Waals surface area contributed by atoms with Crippen LogP contribution in [0.3, 0.4) is 0 Å². The van der Waals surface area contributed by atoms with Gasteiger partial charge in [0.1, 0.15) is 0 Å². The maximum absolute atomic E-state index is 13.6. The quantitative estimate of drug-likeness (QED) is 0.225. The van der Waals surface area contributed by atoms with Crippen LogP contribution in [-0.4, -0.2) is 19.0 Å². The molecule has 0 aliphatic rings. The highest BCUT2D eigenvalue weighted by Crippen LogP contribution is 2.31. The summed E-state index contributed by atoms with van der Waals surface area (Å²) in [6.07, 6.45) is 0.479. The fourth-order valence-corrected chi connectivity index (χ4v) is 4.81. The molecule has 4 aromatic carbocycles.